The van der Waals surface area contributed by atoms with Crippen LogP contribution in [0.5, 0.6) is 0 Å². The Bertz CT molecular complexity index is 550. The van der Waals surface area contributed by atoms with Crippen molar-refractivity contribution in [3.8, 4) is 0 Å². The van der Waals surface area contributed by atoms with E-state index in [0.29, 0.717) is 6.04 Å². The number of piperazine rings is 1. The molecular formula is C21H30N2. The van der Waals surface area contributed by atoms with Crippen LogP contribution in [-0.2, 0) is 0 Å². The molecule has 2 heteroatoms. The number of hydrogen-bond donors (Lipinski definition) is 0. The zero-order valence-electron chi connectivity index (χ0n) is 14.7. The van der Waals surface area contributed by atoms with Crippen LogP contribution in [0, 0.1) is 0 Å². The second-order valence-corrected chi connectivity index (χ2v) is 6.85. The summed E-state index contributed by atoms with van der Waals surface area (Å²) in [4.78, 5) is 5.25. The van der Waals surface area contributed by atoms with Crippen molar-refractivity contribution in [3.63, 3.8) is 0 Å². The summed E-state index contributed by atoms with van der Waals surface area (Å²) in [5, 5.41) is 0. The molecule has 23 heavy (non-hydrogen) atoms. The van der Waals surface area contributed by atoms with Crippen molar-refractivity contribution in [2.24, 2.45) is 0 Å². The van der Waals surface area contributed by atoms with Crippen LogP contribution in [-0.4, -0.2) is 37.1 Å². The van der Waals surface area contributed by atoms with Gasteiger partial charge in [-0.1, -0.05) is 48.4 Å². The van der Waals surface area contributed by atoms with Crippen LogP contribution in [0.3, 0.4) is 0 Å². The summed E-state index contributed by atoms with van der Waals surface area (Å²) in [6.07, 6.45) is 9.65. The minimum atomic E-state index is 0.712. The highest BCUT2D eigenvalue weighted by Crippen LogP contribution is 2.26. The lowest BCUT2D eigenvalue weighted by Crippen LogP contribution is -2.50. The summed E-state index contributed by atoms with van der Waals surface area (Å²) in [5.74, 6) is 0. The Kier molecular flexibility index (Phi) is 5.56. The third-order valence-electron chi connectivity index (χ3n) is 5.44. The molecule has 1 unspecified atom stereocenters. The van der Waals surface area contributed by atoms with Gasteiger partial charge in [0.05, 0.1) is 0 Å². The predicted octanol–water partition coefficient (Wildman–Crippen LogP) is 4.64. The van der Waals surface area contributed by atoms with Crippen LogP contribution < -0.4 is 4.90 Å². The molecule has 1 aromatic carbocycles. The lowest BCUT2D eigenvalue weighted by molar-refractivity contribution is 0.178. The van der Waals surface area contributed by atoms with Crippen LogP contribution in [0.15, 0.2) is 53.6 Å². The van der Waals surface area contributed by atoms with Crippen molar-refractivity contribution in [3.05, 3.63) is 53.6 Å². The molecule has 0 N–H and O–H groups in total. The first kappa shape index (κ1) is 16.3. The van der Waals surface area contributed by atoms with Crippen LogP contribution in [0.2, 0.25) is 0 Å². The average molecular weight is 310 g/mol. The first-order chi connectivity index (χ1) is 11.3. The molecule has 2 nitrogen and oxygen atoms in total. The quantitative estimate of drug-likeness (QED) is 0.781. The van der Waals surface area contributed by atoms with E-state index in [0.717, 1.165) is 13.1 Å². The minimum absolute atomic E-state index is 0.712. The molecule has 0 amide bonds. The molecule has 0 saturated carbocycles. The van der Waals surface area contributed by atoms with Gasteiger partial charge >= 0.3 is 0 Å². The van der Waals surface area contributed by atoms with Gasteiger partial charge in [-0.3, -0.25) is 4.90 Å². The van der Waals surface area contributed by atoms with Crippen LogP contribution in [0.4, 0.5) is 5.69 Å². The Morgan fingerprint density at radius 3 is 2.43 bits per heavy atom. The fourth-order valence-corrected chi connectivity index (χ4v) is 3.90. The van der Waals surface area contributed by atoms with E-state index in [-0.39, 0.29) is 0 Å². The highest BCUT2D eigenvalue weighted by atomic mass is 15.3. The van der Waals surface area contributed by atoms with Crippen LogP contribution >= 0.6 is 0 Å². The third kappa shape index (κ3) is 4.06. The van der Waals surface area contributed by atoms with Crippen molar-refractivity contribution in [2.75, 3.05) is 31.1 Å². The van der Waals surface area contributed by atoms with Gasteiger partial charge in [0.25, 0.3) is 0 Å². The van der Waals surface area contributed by atoms with Gasteiger partial charge in [0, 0.05) is 37.9 Å². The minimum Gasteiger partial charge on any atom is -0.369 e. The molecule has 0 spiro atoms. The van der Waals surface area contributed by atoms with Gasteiger partial charge < -0.3 is 4.90 Å². The summed E-state index contributed by atoms with van der Waals surface area (Å²) in [6.45, 7) is 9.32. The van der Waals surface area contributed by atoms with Crippen molar-refractivity contribution in [1.29, 1.82) is 0 Å². The molecular weight excluding hydrogens is 280 g/mol. The van der Waals surface area contributed by atoms with Gasteiger partial charge in [-0.15, -0.1) is 0 Å². The van der Waals surface area contributed by atoms with E-state index in [1.54, 1.807) is 5.57 Å². The molecule has 1 aromatic rings. The van der Waals surface area contributed by atoms with Crippen molar-refractivity contribution in [2.45, 2.75) is 45.6 Å². The van der Waals surface area contributed by atoms with Crippen molar-refractivity contribution >= 4 is 5.69 Å². The van der Waals surface area contributed by atoms with Crippen molar-refractivity contribution in [1.82, 2.24) is 4.90 Å². The summed E-state index contributed by atoms with van der Waals surface area (Å²) in [7, 11) is 0. The van der Waals surface area contributed by atoms with E-state index in [1.807, 2.05) is 0 Å². The fourth-order valence-electron chi connectivity index (χ4n) is 3.90. The first-order valence-electron chi connectivity index (χ1n) is 9.17. The maximum atomic E-state index is 2.72. The van der Waals surface area contributed by atoms with Crippen LogP contribution in [0.25, 0.3) is 0 Å². The molecule has 1 aliphatic heterocycles. The number of anilines is 1. The molecule has 0 radical (unpaired) electrons. The SMILES string of the molecule is CCC(CC1=C(C)C=CCC1)N1CCN(c2ccccc2)CC1. The van der Waals surface area contributed by atoms with Gasteiger partial charge in [-0.2, -0.15) is 0 Å². The molecule has 1 heterocycles. The zero-order valence-corrected chi connectivity index (χ0v) is 14.7. The summed E-state index contributed by atoms with van der Waals surface area (Å²) in [5.41, 5.74) is 4.57. The molecule has 1 aliphatic carbocycles. The smallest absolute Gasteiger partial charge is 0.0367 e. The predicted molar refractivity (Wildman–Crippen MR) is 100.0 cm³/mol. The molecule has 2 aliphatic rings. The molecule has 0 bridgehead atoms. The number of benzene rings is 1. The maximum Gasteiger partial charge on any atom is 0.0367 e. The molecule has 1 fully saturated rings. The Morgan fingerprint density at radius 1 is 1.04 bits per heavy atom. The van der Waals surface area contributed by atoms with E-state index >= 15 is 0 Å². The average Bonchev–Trinajstić information content (AvgIpc) is 2.62. The van der Waals surface area contributed by atoms with Gasteiger partial charge in [0.2, 0.25) is 0 Å². The standard InChI is InChI=1S/C21H30N2/c1-3-20(17-19-10-8-7-9-18(19)2)22-13-15-23(16-14-22)21-11-5-4-6-12-21/h4-7,9,11-12,20H,3,8,10,13-17H2,1-2H3. The maximum absolute atomic E-state index is 2.72. The van der Waals surface area contributed by atoms with E-state index in [9.17, 15) is 0 Å². The second-order valence-electron chi connectivity index (χ2n) is 6.85. The molecule has 0 aromatic heterocycles. The lowest BCUT2D eigenvalue weighted by atomic mass is 9.91. The Balaban J connectivity index is 1.58. The number of rotatable bonds is 5. The third-order valence-corrected chi connectivity index (χ3v) is 5.44. The topological polar surface area (TPSA) is 6.48 Å². The molecule has 3 rings (SSSR count). The fraction of sp³-hybridized carbons (Fsp3) is 0.524. The summed E-state index contributed by atoms with van der Waals surface area (Å²) in [6, 6.07) is 11.6. The van der Waals surface area contributed by atoms with E-state index in [2.05, 4.69) is 66.1 Å². The highest BCUT2D eigenvalue weighted by Gasteiger charge is 2.24. The number of nitrogens with zero attached hydrogens (tertiary/aromatic N) is 2. The first-order valence-corrected chi connectivity index (χ1v) is 9.17. The normalized spacial score (nSPS) is 20.9. The van der Waals surface area contributed by atoms with Gasteiger partial charge in [-0.25, -0.2) is 0 Å². The van der Waals surface area contributed by atoms with E-state index in [1.165, 1.54) is 50.0 Å². The number of allylic oxidation sites excluding steroid dienone is 3. The molecule has 1 saturated heterocycles. The van der Waals surface area contributed by atoms with E-state index < -0.39 is 0 Å². The van der Waals surface area contributed by atoms with E-state index in [4.69, 9.17) is 0 Å². The lowest BCUT2D eigenvalue weighted by Gasteiger charge is -2.40. The number of hydrogen-bond acceptors (Lipinski definition) is 2. The molecule has 124 valence electrons. The van der Waals surface area contributed by atoms with Crippen molar-refractivity contribution < 1.29 is 0 Å². The largest absolute Gasteiger partial charge is 0.369 e. The van der Waals surface area contributed by atoms with Gasteiger partial charge in [-0.05, 0) is 44.7 Å². The number of para-hydroxylation sites is 1. The zero-order chi connectivity index (χ0) is 16.1. The Hall–Kier alpha value is -1.54. The Labute approximate surface area is 141 Å². The summed E-state index contributed by atoms with van der Waals surface area (Å²) < 4.78 is 0. The Morgan fingerprint density at radius 2 is 1.78 bits per heavy atom. The highest BCUT2D eigenvalue weighted by molar-refractivity contribution is 5.46. The van der Waals surface area contributed by atoms with Crippen LogP contribution in [0.1, 0.15) is 39.5 Å². The monoisotopic (exact) mass is 310 g/mol. The van der Waals surface area contributed by atoms with Gasteiger partial charge in [0.15, 0.2) is 0 Å². The summed E-state index contributed by atoms with van der Waals surface area (Å²) >= 11 is 0. The molecule has 1 atom stereocenters. The van der Waals surface area contributed by atoms with Gasteiger partial charge in [0.1, 0.15) is 0 Å². The second kappa shape index (κ2) is 7.83.